The van der Waals surface area contributed by atoms with Crippen molar-refractivity contribution >= 4 is 5.91 Å². The first-order valence-electron chi connectivity index (χ1n) is 9.20. The average Bonchev–Trinajstić information content (AvgIpc) is 3.39. The van der Waals surface area contributed by atoms with E-state index in [9.17, 15) is 4.79 Å². The minimum Gasteiger partial charge on any atom is -0.483 e. The van der Waals surface area contributed by atoms with Gasteiger partial charge in [0.1, 0.15) is 5.75 Å². The molecular formula is C21H21N3O3. The third-order valence-corrected chi connectivity index (χ3v) is 4.64. The zero-order valence-corrected chi connectivity index (χ0v) is 14.9. The Labute approximate surface area is 157 Å². The van der Waals surface area contributed by atoms with Gasteiger partial charge in [0.05, 0.1) is 5.56 Å². The van der Waals surface area contributed by atoms with Crippen molar-refractivity contribution in [3.8, 4) is 28.7 Å². The van der Waals surface area contributed by atoms with Crippen LogP contribution < -0.4 is 10.1 Å². The number of aromatic nitrogens is 2. The predicted octanol–water partition coefficient (Wildman–Crippen LogP) is 3.84. The van der Waals surface area contributed by atoms with Crippen LogP contribution in [-0.2, 0) is 4.79 Å². The van der Waals surface area contributed by atoms with Crippen molar-refractivity contribution < 1.29 is 13.9 Å². The van der Waals surface area contributed by atoms with Crippen LogP contribution >= 0.6 is 0 Å². The zero-order chi connectivity index (χ0) is 18.5. The molecule has 1 N–H and O–H groups in total. The van der Waals surface area contributed by atoms with E-state index in [1.165, 1.54) is 12.8 Å². The lowest BCUT2D eigenvalue weighted by molar-refractivity contribution is -0.123. The molecule has 0 spiro atoms. The highest BCUT2D eigenvalue weighted by Crippen LogP contribution is 2.30. The maximum Gasteiger partial charge on any atom is 0.258 e. The molecule has 1 aliphatic rings. The van der Waals surface area contributed by atoms with Gasteiger partial charge in [-0.15, -0.1) is 10.2 Å². The van der Waals surface area contributed by atoms with Crippen LogP contribution in [0.2, 0.25) is 0 Å². The van der Waals surface area contributed by atoms with E-state index in [0.717, 1.165) is 18.4 Å². The van der Waals surface area contributed by atoms with Crippen LogP contribution in [0.25, 0.3) is 22.9 Å². The molecule has 0 aliphatic heterocycles. The number of rotatable bonds is 6. The van der Waals surface area contributed by atoms with Crippen molar-refractivity contribution in [2.24, 2.45) is 0 Å². The molecule has 0 saturated heterocycles. The summed E-state index contributed by atoms with van der Waals surface area (Å²) >= 11 is 0. The fraction of sp³-hybridized carbons (Fsp3) is 0.286. The third kappa shape index (κ3) is 4.16. The van der Waals surface area contributed by atoms with Gasteiger partial charge in [-0.25, -0.2) is 0 Å². The number of amides is 1. The molecule has 3 aromatic rings. The Balaban J connectivity index is 1.46. The summed E-state index contributed by atoms with van der Waals surface area (Å²) < 4.78 is 11.5. The Morgan fingerprint density at radius 2 is 1.70 bits per heavy atom. The molecular weight excluding hydrogens is 342 g/mol. The summed E-state index contributed by atoms with van der Waals surface area (Å²) in [7, 11) is 0. The maximum absolute atomic E-state index is 12.1. The number of nitrogens with zero attached hydrogens (tertiary/aromatic N) is 2. The first-order chi connectivity index (χ1) is 13.3. The van der Waals surface area contributed by atoms with E-state index in [4.69, 9.17) is 9.15 Å². The molecule has 0 atom stereocenters. The van der Waals surface area contributed by atoms with E-state index in [0.29, 0.717) is 23.1 Å². The topological polar surface area (TPSA) is 77.2 Å². The SMILES string of the molecule is O=C(COc1ccccc1-c1nnc(-c2ccccc2)o1)NC1CCCC1. The molecule has 1 amide bonds. The van der Waals surface area contributed by atoms with Crippen LogP contribution in [0.4, 0.5) is 0 Å². The van der Waals surface area contributed by atoms with Crippen molar-refractivity contribution in [3.05, 3.63) is 54.6 Å². The van der Waals surface area contributed by atoms with Crippen LogP contribution in [-0.4, -0.2) is 28.8 Å². The molecule has 0 bridgehead atoms. The maximum atomic E-state index is 12.1. The van der Waals surface area contributed by atoms with Gasteiger partial charge in [0.25, 0.3) is 11.8 Å². The average molecular weight is 363 g/mol. The zero-order valence-electron chi connectivity index (χ0n) is 14.9. The van der Waals surface area contributed by atoms with Gasteiger partial charge in [-0.1, -0.05) is 43.2 Å². The summed E-state index contributed by atoms with van der Waals surface area (Å²) in [5.74, 6) is 1.24. The molecule has 6 nitrogen and oxygen atoms in total. The van der Waals surface area contributed by atoms with Gasteiger partial charge in [0, 0.05) is 11.6 Å². The molecule has 4 rings (SSSR count). The van der Waals surface area contributed by atoms with Gasteiger partial charge in [0.15, 0.2) is 6.61 Å². The predicted molar refractivity (Wildman–Crippen MR) is 101 cm³/mol. The van der Waals surface area contributed by atoms with Crippen molar-refractivity contribution in [1.29, 1.82) is 0 Å². The Morgan fingerprint density at radius 1 is 1.00 bits per heavy atom. The highest BCUT2D eigenvalue weighted by Gasteiger charge is 2.18. The van der Waals surface area contributed by atoms with Crippen molar-refractivity contribution in [2.75, 3.05) is 6.61 Å². The van der Waals surface area contributed by atoms with Gasteiger partial charge in [-0.05, 0) is 37.1 Å². The Morgan fingerprint density at radius 3 is 2.52 bits per heavy atom. The van der Waals surface area contributed by atoms with Gasteiger partial charge in [-0.3, -0.25) is 4.79 Å². The second-order valence-electron chi connectivity index (χ2n) is 6.61. The van der Waals surface area contributed by atoms with Gasteiger partial charge in [-0.2, -0.15) is 0 Å². The van der Waals surface area contributed by atoms with Crippen LogP contribution in [0.1, 0.15) is 25.7 Å². The van der Waals surface area contributed by atoms with Gasteiger partial charge >= 0.3 is 0 Å². The van der Waals surface area contributed by atoms with Gasteiger partial charge in [0.2, 0.25) is 5.89 Å². The van der Waals surface area contributed by atoms with Crippen LogP contribution in [0.3, 0.4) is 0 Å². The molecule has 1 aromatic heterocycles. The smallest absolute Gasteiger partial charge is 0.258 e. The number of hydrogen-bond donors (Lipinski definition) is 1. The summed E-state index contributed by atoms with van der Waals surface area (Å²) in [6.07, 6.45) is 4.45. The minimum atomic E-state index is -0.104. The van der Waals surface area contributed by atoms with E-state index in [1.807, 2.05) is 48.5 Å². The first kappa shape index (κ1) is 17.3. The first-order valence-corrected chi connectivity index (χ1v) is 9.20. The molecule has 1 saturated carbocycles. The number of ether oxygens (including phenoxy) is 1. The van der Waals surface area contributed by atoms with E-state index in [2.05, 4.69) is 15.5 Å². The fourth-order valence-electron chi connectivity index (χ4n) is 3.28. The summed E-state index contributed by atoms with van der Waals surface area (Å²) in [6.45, 7) is -0.0345. The molecule has 0 radical (unpaired) electrons. The number of hydrogen-bond acceptors (Lipinski definition) is 5. The molecule has 1 aliphatic carbocycles. The van der Waals surface area contributed by atoms with Crippen molar-refractivity contribution in [3.63, 3.8) is 0 Å². The number of nitrogens with one attached hydrogen (secondary N) is 1. The number of carbonyl (C=O) groups is 1. The second-order valence-corrected chi connectivity index (χ2v) is 6.61. The number of benzene rings is 2. The Hall–Kier alpha value is -3.15. The molecule has 27 heavy (non-hydrogen) atoms. The third-order valence-electron chi connectivity index (χ3n) is 4.64. The highest BCUT2D eigenvalue weighted by molar-refractivity contribution is 5.78. The van der Waals surface area contributed by atoms with Crippen LogP contribution in [0, 0.1) is 0 Å². The van der Waals surface area contributed by atoms with E-state index < -0.39 is 0 Å². The lowest BCUT2D eigenvalue weighted by atomic mass is 10.2. The largest absolute Gasteiger partial charge is 0.483 e. The molecule has 138 valence electrons. The monoisotopic (exact) mass is 363 g/mol. The number of para-hydroxylation sites is 1. The Kier molecular flexibility index (Phi) is 5.14. The second kappa shape index (κ2) is 8.03. The summed E-state index contributed by atoms with van der Waals surface area (Å²) in [4.78, 5) is 12.1. The Bertz CT molecular complexity index is 902. The van der Waals surface area contributed by atoms with E-state index in [1.54, 1.807) is 6.07 Å². The number of carbonyl (C=O) groups excluding carboxylic acids is 1. The molecule has 6 heteroatoms. The summed E-state index contributed by atoms with van der Waals surface area (Å²) in [5, 5.41) is 11.3. The minimum absolute atomic E-state index is 0.0345. The molecule has 1 fully saturated rings. The van der Waals surface area contributed by atoms with Crippen LogP contribution in [0.15, 0.2) is 59.0 Å². The van der Waals surface area contributed by atoms with Gasteiger partial charge < -0.3 is 14.5 Å². The molecule has 0 unspecified atom stereocenters. The fourth-order valence-corrected chi connectivity index (χ4v) is 3.28. The molecule has 1 heterocycles. The summed E-state index contributed by atoms with van der Waals surface area (Å²) in [6, 6.07) is 17.2. The highest BCUT2D eigenvalue weighted by atomic mass is 16.5. The lowest BCUT2D eigenvalue weighted by Gasteiger charge is -2.13. The van der Waals surface area contributed by atoms with Crippen molar-refractivity contribution in [1.82, 2.24) is 15.5 Å². The van der Waals surface area contributed by atoms with Crippen molar-refractivity contribution in [2.45, 2.75) is 31.7 Å². The normalized spacial score (nSPS) is 14.2. The lowest BCUT2D eigenvalue weighted by Crippen LogP contribution is -2.36. The standard InChI is InChI=1S/C21H21N3O3/c25-19(22-16-10-4-5-11-16)14-26-18-13-7-6-12-17(18)21-24-23-20(27-21)15-8-2-1-3-9-15/h1-3,6-9,12-13,16H,4-5,10-11,14H2,(H,22,25). The molecule has 2 aromatic carbocycles. The summed E-state index contributed by atoms with van der Waals surface area (Å²) in [5.41, 5.74) is 1.52. The van der Waals surface area contributed by atoms with Crippen LogP contribution in [0.5, 0.6) is 5.75 Å². The quantitative estimate of drug-likeness (QED) is 0.720. The van der Waals surface area contributed by atoms with E-state index in [-0.39, 0.29) is 18.6 Å². The van der Waals surface area contributed by atoms with E-state index >= 15 is 0 Å².